The molecule has 1 saturated heterocycles. The molecule has 1 aliphatic heterocycles. The minimum atomic E-state index is -0.809. The van der Waals surface area contributed by atoms with Crippen molar-refractivity contribution in [3.05, 3.63) is 23.8 Å². The maximum absolute atomic E-state index is 12.9. The number of carbonyl (C=O) groups excluding carboxylic acids is 1. The number of aliphatic hydroxyl groups excluding tert-OH is 1. The molecule has 0 aliphatic carbocycles. The SMILES string of the molecule is COCCCOc1cc(C[C@@H](C[C@H](N)[C@@H](O)CNC(=O)C(C)(C)[C@H]2CCCCN2)C(C)C)ccc1OC.Cl.Cl. The predicted octanol–water partition coefficient (Wildman–Crippen LogP) is 4.13. The molecule has 1 aromatic rings. The topological polar surface area (TPSA) is 115 Å². The van der Waals surface area contributed by atoms with Crippen LogP contribution >= 0.6 is 24.8 Å². The van der Waals surface area contributed by atoms with Crippen molar-refractivity contribution in [2.75, 3.05) is 40.5 Å². The molecule has 0 spiro atoms. The molecule has 0 saturated carbocycles. The van der Waals surface area contributed by atoms with Gasteiger partial charge in [-0.15, -0.1) is 24.8 Å². The van der Waals surface area contributed by atoms with E-state index in [1.165, 1.54) is 0 Å². The molecule has 39 heavy (non-hydrogen) atoms. The molecule has 8 nitrogen and oxygen atoms in total. The molecule has 4 atom stereocenters. The van der Waals surface area contributed by atoms with E-state index >= 15 is 0 Å². The number of rotatable bonds is 16. The Morgan fingerprint density at radius 1 is 1.18 bits per heavy atom. The summed E-state index contributed by atoms with van der Waals surface area (Å²) in [5.74, 6) is 2.02. The third kappa shape index (κ3) is 12.0. The minimum Gasteiger partial charge on any atom is -0.493 e. The second-order valence-electron chi connectivity index (χ2n) is 11.3. The summed E-state index contributed by atoms with van der Waals surface area (Å²) >= 11 is 0. The number of methoxy groups -OCH3 is 2. The van der Waals surface area contributed by atoms with Crippen LogP contribution in [0.4, 0.5) is 0 Å². The number of halogens is 2. The van der Waals surface area contributed by atoms with Crippen molar-refractivity contribution < 1.29 is 24.1 Å². The number of ether oxygens (including phenoxy) is 3. The lowest BCUT2D eigenvalue weighted by atomic mass is 9.79. The summed E-state index contributed by atoms with van der Waals surface area (Å²) < 4.78 is 16.5. The smallest absolute Gasteiger partial charge is 0.227 e. The lowest BCUT2D eigenvalue weighted by Crippen LogP contribution is -2.54. The van der Waals surface area contributed by atoms with Gasteiger partial charge in [-0.3, -0.25) is 4.79 Å². The van der Waals surface area contributed by atoms with Gasteiger partial charge in [-0.2, -0.15) is 0 Å². The molecule has 1 fully saturated rings. The van der Waals surface area contributed by atoms with E-state index in [1.54, 1.807) is 14.2 Å². The molecule has 10 heteroatoms. The number of hydrogen-bond donors (Lipinski definition) is 4. The molecular weight excluding hydrogens is 541 g/mol. The van der Waals surface area contributed by atoms with Crippen molar-refractivity contribution in [2.45, 2.75) is 84.4 Å². The zero-order chi connectivity index (χ0) is 27.4. The third-order valence-corrected chi connectivity index (χ3v) is 7.73. The number of piperidine rings is 1. The first-order valence-corrected chi connectivity index (χ1v) is 13.8. The number of nitrogens with two attached hydrogens (primary N) is 1. The second-order valence-corrected chi connectivity index (χ2v) is 11.3. The van der Waals surface area contributed by atoms with Crippen molar-refractivity contribution in [2.24, 2.45) is 23.0 Å². The number of nitrogens with one attached hydrogen (secondary N) is 2. The van der Waals surface area contributed by atoms with Crippen molar-refractivity contribution in [3.8, 4) is 11.5 Å². The van der Waals surface area contributed by atoms with E-state index in [0.717, 1.165) is 50.0 Å². The zero-order valence-corrected chi connectivity index (χ0v) is 26.3. The highest BCUT2D eigenvalue weighted by Crippen LogP contribution is 2.31. The zero-order valence-electron chi connectivity index (χ0n) is 24.7. The standard InChI is InChI=1S/C29H51N3O5.2ClH/c1-20(2)22(16-21-11-12-25(36-6)26(17-21)37-15-9-14-35-5)18-23(30)24(33)19-32-28(34)29(3,4)27-10-7-8-13-31-27;;/h11-12,17,20,22-24,27,31,33H,7-10,13-16,18-19,30H2,1-6H3,(H,32,34);2*1H/t22-,23-,24-,27+;;/m0../s1. The Labute approximate surface area is 248 Å². The van der Waals surface area contributed by atoms with Crippen LogP contribution in [0.15, 0.2) is 18.2 Å². The average Bonchev–Trinajstić information content (AvgIpc) is 2.89. The van der Waals surface area contributed by atoms with Gasteiger partial charge in [-0.1, -0.05) is 26.3 Å². The number of aliphatic hydroxyl groups is 1. The van der Waals surface area contributed by atoms with Gasteiger partial charge in [0.1, 0.15) is 0 Å². The minimum absolute atomic E-state index is 0. The van der Waals surface area contributed by atoms with E-state index in [1.807, 2.05) is 26.0 Å². The Morgan fingerprint density at radius 2 is 1.90 bits per heavy atom. The van der Waals surface area contributed by atoms with Crippen LogP contribution in [0.25, 0.3) is 0 Å². The van der Waals surface area contributed by atoms with Gasteiger partial charge in [-0.05, 0) is 75.6 Å². The Balaban J connectivity index is 0.00000722. The van der Waals surface area contributed by atoms with E-state index in [4.69, 9.17) is 19.9 Å². The summed E-state index contributed by atoms with van der Waals surface area (Å²) in [7, 11) is 3.32. The molecule has 0 unspecified atom stereocenters. The Bertz CT molecular complexity index is 822. The van der Waals surface area contributed by atoms with Gasteiger partial charge in [0, 0.05) is 38.8 Å². The number of hydrogen-bond acceptors (Lipinski definition) is 7. The molecule has 228 valence electrons. The van der Waals surface area contributed by atoms with Crippen molar-refractivity contribution in [1.29, 1.82) is 0 Å². The van der Waals surface area contributed by atoms with Crippen molar-refractivity contribution >= 4 is 30.7 Å². The van der Waals surface area contributed by atoms with Gasteiger partial charge >= 0.3 is 0 Å². The molecule has 0 radical (unpaired) electrons. The van der Waals surface area contributed by atoms with E-state index in [2.05, 4.69) is 30.5 Å². The molecule has 1 aromatic carbocycles. The van der Waals surface area contributed by atoms with Gasteiger partial charge < -0.3 is 35.7 Å². The first kappa shape index (κ1) is 37.7. The molecular formula is C29H53Cl2N3O5. The van der Waals surface area contributed by atoms with Crippen LogP contribution in [0.3, 0.4) is 0 Å². The van der Waals surface area contributed by atoms with Crippen LogP contribution < -0.4 is 25.8 Å². The Hall–Kier alpha value is -1.29. The van der Waals surface area contributed by atoms with Crippen LogP contribution in [0.1, 0.15) is 65.4 Å². The van der Waals surface area contributed by atoms with Crippen LogP contribution in [-0.2, 0) is 16.0 Å². The first-order valence-electron chi connectivity index (χ1n) is 13.8. The monoisotopic (exact) mass is 593 g/mol. The fourth-order valence-corrected chi connectivity index (χ4v) is 4.95. The highest BCUT2D eigenvalue weighted by molar-refractivity contribution is 5.85. The Morgan fingerprint density at radius 3 is 2.49 bits per heavy atom. The molecule has 1 amide bonds. The summed E-state index contributed by atoms with van der Waals surface area (Å²) in [5, 5.41) is 17.2. The van der Waals surface area contributed by atoms with Crippen LogP contribution in [0.2, 0.25) is 0 Å². The largest absolute Gasteiger partial charge is 0.493 e. The summed E-state index contributed by atoms with van der Waals surface area (Å²) in [5.41, 5.74) is 7.04. The molecule has 1 aliphatic rings. The number of amides is 1. The average molecular weight is 595 g/mol. The normalized spacial score (nSPS) is 17.8. The van der Waals surface area contributed by atoms with Gasteiger partial charge in [0.15, 0.2) is 11.5 Å². The molecule has 1 heterocycles. The summed E-state index contributed by atoms with van der Waals surface area (Å²) in [6, 6.07) is 5.73. The van der Waals surface area contributed by atoms with Gasteiger partial charge in [0.25, 0.3) is 0 Å². The highest BCUT2D eigenvalue weighted by atomic mass is 35.5. The number of carbonyl (C=O) groups is 1. The Kier molecular flexibility index (Phi) is 18.3. The molecule has 0 aromatic heterocycles. The van der Waals surface area contributed by atoms with E-state index in [0.29, 0.717) is 31.3 Å². The van der Waals surface area contributed by atoms with Gasteiger partial charge in [0.2, 0.25) is 5.91 Å². The first-order chi connectivity index (χ1) is 17.6. The fraction of sp³-hybridized carbons (Fsp3) is 0.759. The summed E-state index contributed by atoms with van der Waals surface area (Å²) in [6.45, 7) is 10.6. The summed E-state index contributed by atoms with van der Waals surface area (Å²) in [6.07, 6.45) is 4.73. The maximum Gasteiger partial charge on any atom is 0.227 e. The van der Waals surface area contributed by atoms with Crippen LogP contribution in [0.5, 0.6) is 11.5 Å². The molecule has 2 rings (SSSR count). The van der Waals surface area contributed by atoms with Crippen LogP contribution in [-0.4, -0.2) is 69.7 Å². The molecule has 5 N–H and O–H groups in total. The summed E-state index contributed by atoms with van der Waals surface area (Å²) in [4.78, 5) is 12.9. The maximum atomic E-state index is 12.9. The van der Waals surface area contributed by atoms with E-state index in [9.17, 15) is 9.90 Å². The number of benzene rings is 1. The lowest BCUT2D eigenvalue weighted by Gasteiger charge is -2.37. The third-order valence-electron chi connectivity index (χ3n) is 7.73. The second kappa shape index (κ2) is 18.9. The fourth-order valence-electron chi connectivity index (χ4n) is 4.95. The highest BCUT2D eigenvalue weighted by Gasteiger charge is 2.37. The van der Waals surface area contributed by atoms with Gasteiger partial charge in [0.05, 0.1) is 25.2 Å². The van der Waals surface area contributed by atoms with Crippen molar-refractivity contribution in [3.63, 3.8) is 0 Å². The quantitative estimate of drug-likeness (QED) is 0.213. The van der Waals surface area contributed by atoms with E-state index in [-0.39, 0.29) is 49.2 Å². The lowest BCUT2D eigenvalue weighted by molar-refractivity contribution is -0.131. The van der Waals surface area contributed by atoms with Gasteiger partial charge in [-0.25, -0.2) is 0 Å². The molecule has 0 bridgehead atoms. The van der Waals surface area contributed by atoms with Crippen molar-refractivity contribution in [1.82, 2.24) is 10.6 Å². The van der Waals surface area contributed by atoms with E-state index < -0.39 is 17.6 Å². The van der Waals surface area contributed by atoms with Crippen LogP contribution in [0, 0.1) is 17.3 Å². The predicted molar refractivity (Wildman–Crippen MR) is 163 cm³/mol.